The van der Waals surface area contributed by atoms with Crippen molar-refractivity contribution in [1.29, 1.82) is 0 Å². The number of amides is 1. The summed E-state index contributed by atoms with van der Waals surface area (Å²) < 4.78 is 83.2. The number of nitrogens with one attached hydrogen (secondary N) is 1. The number of halogens is 5. The smallest absolute Gasteiger partial charge is 0.417 e. The van der Waals surface area contributed by atoms with Crippen LogP contribution in [0, 0.1) is 18.6 Å². The molecular formula is C26H25F5N7O2+. The fraction of sp³-hybridized carbons (Fsp3) is 0.385. The molecule has 4 aliphatic rings. The van der Waals surface area contributed by atoms with Gasteiger partial charge in [-0.1, -0.05) is 0 Å². The second kappa shape index (κ2) is 8.89. The third kappa shape index (κ3) is 3.95. The maximum atomic E-state index is 16.4. The predicted molar refractivity (Wildman–Crippen MR) is 134 cm³/mol. The van der Waals surface area contributed by atoms with Crippen LogP contribution >= 0.6 is 0 Å². The highest BCUT2D eigenvalue weighted by atomic mass is 19.4. The summed E-state index contributed by atoms with van der Waals surface area (Å²) in [6.45, 7) is 3.67. The minimum Gasteiger partial charge on any atom is -0.472 e. The maximum absolute atomic E-state index is 16.4. The van der Waals surface area contributed by atoms with Crippen molar-refractivity contribution in [3.05, 3.63) is 52.3 Å². The number of aromatic nitrogens is 3. The van der Waals surface area contributed by atoms with Gasteiger partial charge in [0.1, 0.15) is 29.2 Å². The minimum absolute atomic E-state index is 0.0556. The summed E-state index contributed by atoms with van der Waals surface area (Å²) in [5.74, 6) is -3.38. The summed E-state index contributed by atoms with van der Waals surface area (Å²) in [7, 11) is 1.69. The molecule has 40 heavy (non-hydrogen) atoms. The Morgan fingerprint density at radius 3 is 2.62 bits per heavy atom. The number of hydrogen-bond acceptors (Lipinski definition) is 6. The summed E-state index contributed by atoms with van der Waals surface area (Å²) >= 11 is 0. The first-order valence-corrected chi connectivity index (χ1v) is 12.6. The molecule has 210 valence electrons. The highest BCUT2D eigenvalue weighted by Gasteiger charge is 2.53. The van der Waals surface area contributed by atoms with E-state index in [0.717, 1.165) is 6.92 Å². The SMILES string of the molecule is Cc1c(F)c(N)cc(-c2nc3c(c(NCc4ccn(C)n4)c2F)C(=O)N2C(C[N+]4=C[C@H]2C4)C(C)O3)c1C(F)(F)F. The standard InChI is InChI=1S/C26H24F5N7O2/c1-11-19(26(29,30)31)15(6-16(32)20(11)27)22-21(28)23(33-7-13-4-5-36(3)35-13)18-24(34-22)40-12(2)17-10-37-8-14(9-37)38(17)25(18)39/h4-6,8,12,14,17H,7,9-10,32H2,1-3H3/p+1/t12?,14-,17?/m0/s1. The molecule has 3 aromatic rings. The summed E-state index contributed by atoms with van der Waals surface area (Å²) in [5, 5.41) is 7.08. The summed E-state index contributed by atoms with van der Waals surface area (Å²) in [6.07, 6.45) is -2.12. The number of benzene rings is 1. The molecule has 0 spiro atoms. The first-order valence-electron chi connectivity index (χ1n) is 12.6. The van der Waals surface area contributed by atoms with Crippen LogP contribution in [0.15, 0.2) is 18.3 Å². The number of fused-ring (bicyclic) bond motifs is 1. The molecule has 3 atom stereocenters. The first-order chi connectivity index (χ1) is 18.8. The molecule has 9 nitrogen and oxygen atoms in total. The molecule has 7 rings (SSSR count). The fourth-order valence-electron chi connectivity index (χ4n) is 5.66. The van der Waals surface area contributed by atoms with Crippen molar-refractivity contribution in [1.82, 2.24) is 19.7 Å². The second-order valence-corrected chi connectivity index (χ2v) is 10.3. The van der Waals surface area contributed by atoms with Gasteiger partial charge in [0.25, 0.3) is 5.91 Å². The number of rotatable bonds is 4. The number of hydrogen-bond donors (Lipinski definition) is 2. The van der Waals surface area contributed by atoms with Gasteiger partial charge in [-0.05, 0) is 31.5 Å². The third-order valence-corrected chi connectivity index (χ3v) is 7.61. The number of nitrogens with two attached hydrogens (primary N) is 1. The van der Waals surface area contributed by atoms with Gasteiger partial charge in [0, 0.05) is 18.8 Å². The van der Waals surface area contributed by atoms with Gasteiger partial charge in [0.15, 0.2) is 31.2 Å². The molecule has 1 amide bonds. The van der Waals surface area contributed by atoms with E-state index in [2.05, 4.69) is 15.4 Å². The predicted octanol–water partition coefficient (Wildman–Crippen LogP) is 3.35. The van der Waals surface area contributed by atoms with E-state index >= 15 is 4.39 Å². The first kappa shape index (κ1) is 26.0. The summed E-state index contributed by atoms with van der Waals surface area (Å²) in [5.41, 5.74) is 1.18. The monoisotopic (exact) mass is 562 g/mol. The van der Waals surface area contributed by atoms with Crippen molar-refractivity contribution in [3.8, 4) is 17.1 Å². The van der Waals surface area contributed by atoms with Crippen molar-refractivity contribution in [2.75, 3.05) is 24.1 Å². The quantitative estimate of drug-likeness (QED) is 0.288. The van der Waals surface area contributed by atoms with E-state index in [1.165, 1.54) is 4.68 Å². The van der Waals surface area contributed by atoms with E-state index in [0.29, 0.717) is 24.8 Å². The molecule has 1 saturated heterocycles. The lowest BCUT2D eigenvalue weighted by molar-refractivity contribution is -0.577. The van der Waals surface area contributed by atoms with Crippen molar-refractivity contribution in [2.24, 2.45) is 7.05 Å². The molecule has 2 unspecified atom stereocenters. The van der Waals surface area contributed by atoms with E-state index in [4.69, 9.17) is 10.5 Å². The largest absolute Gasteiger partial charge is 0.472 e. The van der Waals surface area contributed by atoms with Crippen LogP contribution in [0.5, 0.6) is 5.88 Å². The Morgan fingerprint density at radius 2 is 1.98 bits per heavy atom. The van der Waals surface area contributed by atoms with Gasteiger partial charge < -0.3 is 20.7 Å². The van der Waals surface area contributed by atoms with Crippen molar-refractivity contribution >= 4 is 23.5 Å². The van der Waals surface area contributed by atoms with Gasteiger partial charge in [0.05, 0.1) is 29.2 Å². The Bertz CT molecular complexity index is 1600. The average molecular weight is 563 g/mol. The number of piperazine rings is 1. The van der Waals surface area contributed by atoms with E-state index < -0.39 is 63.9 Å². The van der Waals surface area contributed by atoms with Crippen LogP contribution in [-0.4, -0.2) is 67.6 Å². The Morgan fingerprint density at radius 1 is 1.25 bits per heavy atom. The highest BCUT2D eigenvalue weighted by molar-refractivity contribution is 6.04. The molecule has 14 heteroatoms. The Hall–Kier alpha value is -4.23. The number of alkyl halides is 3. The second-order valence-electron chi connectivity index (χ2n) is 10.3. The van der Waals surface area contributed by atoms with Gasteiger partial charge in [-0.2, -0.15) is 18.3 Å². The highest BCUT2D eigenvalue weighted by Crippen LogP contribution is 2.45. The molecule has 0 radical (unpaired) electrons. The molecule has 2 aromatic heterocycles. The van der Waals surface area contributed by atoms with E-state index in [9.17, 15) is 22.4 Å². The van der Waals surface area contributed by atoms with Crippen molar-refractivity contribution in [2.45, 2.75) is 44.8 Å². The lowest BCUT2D eigenvalue weighted by Gasteiger charge is -2.42. The van der Waals surface area contributed by atoms with Gasteiger partial charge >= 0.3 is 6.18 Å². The van der Waals surface area contributed by atoms with Crippen LogP contribution in [0.2, 0.25) is 0 Å². The maximum Gasteiger partial charge on any atom is 0.417 e. The Balaban J connectivity index is 1.58. The summed E-state index contributed by atoms with van der Waals surface area (Å²) in [4.78, 5) is 19.7. The zero-order valence-corrected chi connectivity index (χ0v) is 21.7. The van der Waals surface area contributed by atoms with E-state index in [1.54, 1.807) is 31.1 Å². The molecule has 4 aliphatic heterocycles. The Kier molecular flexibility index (Phi) is 5.78. The molecule has 6 heterocycles. The number of nitrogen functional groups attached to an aromatic ring is 1. The van der Waals surface area contributed by atoms with Crippen molar-refractivity contribution in [3.63, 3.8) is 0 Å². The fourth-order valence-corrected chi connectivity index (χ4v) is 5.66. The molecule has 0 saturated carbocycles. The number of pyridine rings is 1. The van der Waals surface area contributed by atoms with Gasteiger partial charge in [-0.15, -0.1) is 0 Å². The summed E-state index contributed by atoms with van der Waals surface area (Å²) in [6, 6.07) is 1.74. The number of nitrogens with zero attached hydrogens (tertiary/aromatic N) is 5. The van der Waals surface area contributed by atoms with Crippen LogP contribution in [0.25, 0.3) is 11.3 Å². The lowest BCUT2D eigenvalue weighted by Crippen LogP contribution is -2.68. The topological polar surface area (TPSA) is 101 Å². The van der Waals surface area contributed by atoms with Crippen LogP contribution in [-0.2, 0) is 19.8 Å². The molecule has 1 aromatic carbocycles. The Labute approximate surface area is 225 Å². The average Bonchev–Trinajstić information content (AvgIpc) is 3.25. The zero-order chi connectivity index (χ0) is 28.7. The third-order valence-electron chi connectivity index (χ3n) is 7.61. The van der Waals surface area contributed by atoms with Gasteiger partial charge in [-0.3, -0.25) is 9.48 Å². The minimum atomic E-state index is -5.06. The number of aryl methyl sites for hydroxylation is 1. The lowest BCUT2D eigenvalue weighted by atomic mass is 9.95. The molecular weight excluding hydrogens is 537 g/mol. The van der Waals surface area contributed by atoms with Gasteiger partial charge in [-0.25, -0.2) is 18.3 Å². The van der Waals surface area contributed by atoms with Crippen LogP contribution in [0.1, 0.15) is 34.1 Å². The van der Waals surface area contributed by atoms with Crippen LogP contribution < -0.4 is 15.8 Å². The number of carbonyl (C=O) groups is 1. The van der Waals surface area contributed by atoms with Crippen molar-refractivity contribution < 1.29 is 36.1 Å². The van der Waals surface area contributed by atoms with Gasteiger partial charge in [0.2, 0.25) is 5.88 Å². The van der Waals surface area contributed by atoms with E-state index in [-0.39, 0.29) is 29.7 Å². The van der Waals surface area contributed by atoms with Crippen LogP contribution in [0.4, 0.5) is 33.3 Å². The normalized spacial score (nSPS) is 21.6. The van der Waals surface area contributed by atoms with Crippen LogP contribution in [0.3, 0.4) is 0 Å². The molecule has 3 N–H and O–H groups in total. The number of ether oxygens (including phenoxy) is 1. The molecule has 1 fully saturated rings. The molecule has 2 bridgehead atoms. The number of anilines is 2. The number of carbonyl (C=O) groups excluding carboxylic acids is 1. The van der Waals surface area contributed by atoms with E-state index in [1.807, 2.05) is 10.8 Å². The zero-order valence-electron chi connectivity index (χ0n) is 21.7. The molecule has 0 aliphatic carbocycles.